The zero-order valence-corrected chi connectivity index (χ0v) is 14.0. The fourth-order valence-corrected chi connectivity index (χ4v) is 4.04. The summed E-state index contributed by atoms with van der Waals surface area (Å²) in [6.07, 6.45) is -0.407. The molecular formula is C15H13BrF2N4O2. The van der Waals surface area contributed by atoms with Gasteiger partial charge in [-0.25, -0.2) is 9.18 Å². The summed E-state index contributed by atoms with van der Waals surface area (Å²) in [7, 11) is 0. The summed E-state index contributed by atoms with van der Waals surface area (Å²) >= 11 is 3.07. The van der Waals surface area contributed by atoms with Gasteiger partial charge in [-0.05, 0) is 40.9 Å². The highest BCUT2D eigenvalue weighted by Crippen LogP contribution is 2.35. The maximum atomic E-state index is 14.3. The second kappa shape index (κ2) is 5.51. The first-order valence-corrected chi connectivity index (χ1v) is 8.32. The first kappa shape index (κ1) is 15.5. The van der Waals surface area contributed by atoms with Gasteiger partial charge in [-0.2, -0.15) is 14.4 Å². The molecule has 6 nitrogen and oxygen atoms in total. The summed E-state index contributed by atoms with van der Waals surface area (Å²) < 4.78 is 28.3. The molecule has 9 heteroatoms. The molecule has 126 valence electrons. The number of hydrogen-bond donors (Lipinski definition) is 1. The smallest absolute Gasteiger partial charge is 0.407 e. The molecule has 2 aliphatic heterocycles. The molecule has 1 aromatic carbocycles. The minimum Gasteiger partial charge on any atom is -0.465 e. The molecule has 0 aliphatic carbocycles. The number of nitrogens with zero attached hydrogens (tertiary/aromatic N) is 4. The van der Waals surface area contributed by atoms with Crippen LogP contribution in [0.15, 0.2) is 16.6 Å². The highest BCUT2D eigenvalue weighted by Gasteiger charge is 2.43. The lowest BCUT2D eigenvalue weighted by atomic mass is 10.1. The molecule has 2 bridgehead atoms. The van der Waals surface area contributed by atoms with Crippen molar-refractivity contribution in [1.29, 1.82) is 0 Å². The van der Waals surface area contributed by atoms with E-state index < -0.39 is 18.0 Å². The highest BCUT2D eigenvalue weighted by molar-refractivity contribution is 9.10. The summed E-state index contributed by atoms with van der Waals surface area (Å²) in [5.74, 6) is -0.326. The van der Waals surface area contributed by atoms with Crippen LogP contribution in [0.1, 0.15) is 12.8 Å². The van der Waals surface area contributed by atoms with Crippen LogP contribution in [0.25, 0.3) is 10.9 Å². The average molecular weight is 399 g/mol. The van der Waals surface area contributed by atoms with Crippen LogP contribution >= 0.6 is 15.9 Å². The van der Waals surface area contributed by atoms with Crippen molar-refractivity contribution < 1.29 is 18.7 Å². The molecule has 1 amide bonds. The second-order valence-electron chi connectivity index (χ2n) is 6.05. The van der Waals surface area contributed by atoms with Crippen LogP contribution in [0.4, 0.5) is 19.4 Å². The Morgan fingerprint density at radius 3 is 2.50 bits per heavy atom. The summed E-state index contributed by atoms with van der Waals surface area (Å²) in [6, 6.07) is 2.86. The number of benzene rings is 1. The van der Waals surface area contributed by atoms with Crippen molar-refractivity contribution in [1.82, 2.24) is 14.9 Å². The van der Waals surface area contributed by atoms with Gasteiger partial charge < -0.3 is 10.0 Å². The standard InChI is InChI=1S/C15H13BrF2N4O2/c16-10-4-3-9-12(11(10)17)19-14(18)20-13(9)21-5-7-1-2-8(6-21)22(7)15(23)24/h3-4,7-8H,1-2,5-6H2,(H,23,24)/t7-,8+. The molecule has 2 atom stereocenters. The van der Waals surface area contributed by atoms with Gasteiger partial charge in [-0.1, -0.05) is 0 Å². The summed E-state index contributed by atoms with van der Waals surface area (Å²) in [5.41, 5.74) is -0.0834. The van der Waals surface area contributed by atoms with Gasteiger partial charge in [0, 0.05) is 18.5 Å². The van der Waals surface area contributed by atoms with Crippen molar-refractivity contribution in [2.45, 2.75) is 24.9 Å². The Morgan fingerprint density at radius 2 is 1.88 bits per heavy atom. The van der Waals surface area contributed by atoms with E-state index in [2.05, 4.69) is 25.9 Å². The Balaban J connectivity index is 1.78. The van der Waals surface area contributed by atoms with Crippen molar-refractivity contribution in [3.8, 4) is 0 Å². The number of anilines is 1. The van der Waals surface area contributed by atoms with E-state index in [1.165, 1.54) is 11.0 Å². The second-order valence-corrected chi connectivity index (χ2v) is 6.91. The van der Waals surface area contributed by atoms with Gasteiger partial charge >= 0.3 is 12.2 Å². The lowest BCUT2D eigenvalue weighted by Gasteiger charge is -2.40. The molecule has 24 heavy (non-hydrogen) atoms. The van der Waals surface area contributed by atoms with Crippen molar-refractivity contribution in [3.63, 3.8) is 0 Å². The molecule has 2 fully saturated rings. The number of rotatable bonds is 1. The van der Waals surface area contributed by atoms with Crippen LogP contribution in [0, 0.1) is 11.9 Å². The molecule has 0 radical (unpaired) electrons. The Bertz CT molecular complexity index is 836. The zero-order valence-electron chi connectivity index (χ0n) is 12.4. The Morgan fingerprint density at radius 1 is 1.21 bits per heavy atom. The molecule has 2 aromatic rings. The number of hydrogen-bond acceptors (Lipinski definition) is 4. The van der Waals surface area contributed by atoms with Crippen molar-refractivity contribution in [2.75, 3.05) is 18.0 Å². The topological polar surface area (TPSA) is 69.6 Å². The largest absolute Gasteiger partial charge is 0.465 e. The van der Waals surface area contributed by atoms with Gasteiger partial charge in [0.15, 0.2) is 5.82 Å². The fourth-order valence-electron chi connectivity index (χ4n) is 3.72. The molecule has 4 rings (SSSR count). The Labute approximate surface area is 144 Å². The predicted octanol–water partition coefficient (Wildman–Crippen LogP) is 3.00. The molecule has 0 saturated carbocycles. The lowest BCUT2D eigenvalue weighted by Crippen LogP contribution is -2.55. The zero-order chi connectivity index (χ0) is 17.0. The van der Waals surface area contributed by atoms with Crippen LogP contribution in [0.5, 0.6) is 0 Å². The average Bonchev–Trinajstić information content (AvgIpc) is 2.81. The van der Waals surface area contributed by atoms with Gasteiger partial charge in [0.05, 0.1) is 16.6 Å². The maximum absolute atomic E-state index is 14.3. The highest BCUT2D eigenvalue weighted by atomic mass is 79.9. The number of halogens is 3. The van der Waals surface area contributed by atoms with E-state index >= 15 is 0 Å². The van der Waals surface area contributed by atoms with Crippen LogP contribution < -0.4 is 4.90 Å². The molecule has 3 heterocycles. The molecule has 0 spiro atoms. The van der Waals surface area contributed by atoms with Crippen molar-refractivity contribution in [3.05, 3.63) is 28.5 Å². The molecule has 1 N–H and O–H groups in total. The predicted molar refractivity (Wildman–Crippen MR) is 86.0 cm³/mol. The molecular weight excluding hydrogens is 386 g/mol. The van der Waals surface area contributed by atoms with E-state index in [-0.39, 0.29) is 22.1 Å². The Kier molecular flexibility index (Phi) is 3.56. The van der Waals surface area contributed by atoms with Gasteiger partial charge in [0.2, 0.25) is 0 Å². The maximum Gasteiger partial charge on any atom is 0.407 e. The van der Waals surface area contributed by atoms with Gasteiger partial charge in [-0.15, -0.1) is 0 Å². The summed E-state index contributed by atoms with van der Waals surface area (Å²) in [6.45, 7) is 0.818. The number of fused-ring (bicyclic) bond motifs is 3. The van der Waals surface area contributed by atoms with E-state index in [0.717, 1.165) is 12.8 Å². The minimum absolute atomic E-state index is 0.0834. The number of carbonyl (C=O) groups is 1. The molecule has 2 saturated heterocycles. The third-order valence-corrected chi connectivity index (χ3v) is 5.33. The molecule has 0 unspecified atom stereocenters. The fraction of sp³-hybridized carbons (Fsp3) is 0.400. The number of carboxylic acid groups (broad SMARTS) is 1. The number of piperazine rings is 1. The minimum atomic E-state index is -0.998. The van der Waals surface area contributed by atoms with Crippen LogP contribution in [-0.4, -0.2) is 51.2 Å². The van der Waals surface area contributed by atoms with Gasteiger partial charge in [0.1, 0.15) is 11.3 Å². The third-order valence-electron chi connectivity index (χ3n) is 4.71. The van der Waals surface area contributed by atoms with E-state index in [0.29, 0.717) is 24.3 Å². The summed E-state index contributed by atoms with van der Waals surface area (Å²) in [5, 5.41) is 9.74. The van der Waals surface area contributed by atoms with E-state index in [1.54, 1.807) is 6.07 Å². The normalized spacial score (nSPS) is 23.1. The van der Waals surface area contributed by atoms with Crippen molar-refractivity contribution in [2.24, 2.45) is 0 Å². The van der Waals surface area contributed by atoms with E-state index in [9.17, 15) is 18.7 Å². The molecule has 2 aliphatic rings. The SMILES string of the molecule is O=C(O)N1[C@@H]2CC[C@H]1CN(c1nc(F)nc3c(F)c(Br)ccc13)C2. The van der Waals surface area contributed by atoms with E-state index in [1.807, 2.05) is 4.90 Å². The molecule has 1 aromatic heterocycles. The van der Waals surface area contributed by atoms with Crippen LogP contribution in [-0.2, 0) is 0 Å². The monoisotopic (exact) mass is 398 g/mol. The summed E-state index contributed by atoms with van der Waals surface area (Å²) in [4.78, 5) is 22.1. The number of aromatic nitrogens is 2. The first-order chi connectivity index (χ1) is 11.5. The van der Waals surface area contributed by atoms with Crippen LogP contribution in [0.3, 0.4) is 0 Å². The van der Waals surface area contributed by atoms with E-state index in [4.69, 9.17) is 0 Å². The lowest BCUT2D eigenvalue weighted by molar-refractivity contribution is 0.114. The van der Waals surface area contributed by atoms with Gasteiger partial charge in [-0.3, -0.25) is 4.90 Å². The van der Waals surface area contributed by atoms with Gasteiger partial charge in [0.25, 0.3) is 0 Å². The first-order valence-electron chi connectivity index (χ1n) is 7.53. The number of amides is 1. The van der Waals surface area contributed by atoms with Crippen molar-refractivity contribution >= 4 is 38.7 Å². The Hall–Kier alpha value is -2.03. The quantitative estimate of drug-likeness (QED) is 0.747. The third kappa shape index (κ3) is 2.29. The van der Waals surface area contributed by atoms with Crippen LogP contribution in [0.2, 0.25) is 0 Å².